The number of nitriles is 1. The summed E-state index contributed by atoms with van der Waals surface area (Å²) < 4.78 is 53.5. The number of benzene rings is 3. The fraction of sp³-hybridized carbons (Fsp3) is 0.355. The second-order valence-corrected chi connectivity index (χ2v) is 14.7. The van der Waals surface area contributed by atoms with Gasteiger partial charge in [-0.1, -0.05) is 30.3 Å². The Morgan fingerprint density at radius 1 is 0.818 bits per heavy atom. The molecular formula is C31H36N6O5S2. The number of rotatable bonds is 6. The number of aryl methyl sites for hydroxylation is 2. The Hall–Kier alpha value is -3.96. The van der Waals surface area contributed by atoms with E-state index in [-0.39, 0.29) is 34.8 Å². The molecule has 1 atom stereocenters. The number of carbonyl (C=O) groups is 1. The molecule has 0 radical (unpaired) electrons. The van der Waals surface area contributed by atoms with Gasteiger partial charge in [-0.15, -0.1) is 0 Å². The Morgan fingerprint density at radius 3 is 2.07 bits per heavy atom. The van der Waals surface area contributed by atoms with Gasteiger partial charge in [-0.25, -0.2) is 22.0 Å². The molecule has 2 fully saturated rings. The van der Waals surface area contributed by atoms with Crippen molar-refractivity contribution in [3.05, 3.63) is 82.9 Å². The van der Waals surface area contributed by atoms with Crippen LogP contribution in [-0.4, -0.2) is 83.8 Å². The molecule has 3 aromatic carbocycles. The lowest BCUT2D eigenvalue weighted by molar-refractivity contribution is 0.0672. The van der Waals surface area contributed by atoms with Gasteiger partial charge in [0.05, 0.1) is 21.8 Å². The fourth-order valence-corrected chi connectivity index (χ4v) is 8.50. The molecule has 3 aromatic rings. The molecule has 2 saturated heterocycles. The van der Waals surface area contributed by atoms with Crippen LogP contribution in [-0.2, 0) is 20.0 Å². The van der Waals surface area contributed by atoms with Gasteiger partial charge >= 0.3 is 0 Å². The van der Waals surface area contributed by atoms with Gasteiger partial charge in [-0.05, 0) is 62.2 Å². The first-order valence-corrected chi connectivity index (χ1v) is 17.3. The molecule has 0 aromatic heterocycles. The van der Waals surface area contributed by atoms with Crippen LogP contribution in [0.2, 0.25) is 0 Å². The van der Waals surface area contributed by atoms with Crippen molar-refractivity contribution in [1.82, 2.24) is 9.21 Å². The van der Waals surface area contributed by atoms with Crippen LogP contribution in [0.25, 0.3) is 0 Å². The average Bonchev–Trinajstić information content (AvgIpc) is 3.00. The van der Waals surface area contributed by atoms with Crippen molar-refractivity contribution in [2.45, 2.75) is 36.6 Å². The number of hydrogen-bond donors (Lipinski definition) is 1. The number of amides is 1. The van der Waals surface area contributed by atoms with Crippen LogP contribution in [0.15, 0.2) is 70.5 Å². The van der Waals surface area contributed by atoms with Crippen molar-refractivity contribution < 1.29 is 21.6 Å². The van der Waals surface area contributed by atoms with Crippen molar-refractivity contribution >= 4 is 37.3 Å². The highest BCUT2D eigenvalue weighted by molar-refractivity contribution is 7.89. The van der Waals surface area contributed by atoms with Crippen molar-refractivity contribution in [2.24, 2.45) is 5.14 Å². The van der Waals surface area contributed by atoms with E-state index in [2.05, 4.69) is 6.07 Å². The second-order valence-electron chi connectivity index (χ2n) is 11.3. The fourth-order valence-electron chi connectivity index (χ4n) is 6.08. The summed E-state index contributed by atoms with van der Waals surface area (Å²) in [5.41, 5.74) is 3.39. The predicted molar refractivity (Wildman–Crippen MR) is 169 cm³/mol. The van der Waals surface area contributed by atoms with Gasteiger partial charge in [0.2, 0.25) is 20.0 Å². The number of hydrogen-bond acceptors (Lipinski definition) is 8. The van der Waals surface area contributed by atoms with Crippen LogP contribution in [0.5, 0.6) is 0 Å². The van der Waals surface area contributed by atoms with E-state index in [4.69, 9.17) is 5.14 Å². The Balaban J connectivity index is 1.34. The van der Waals surface area contributed by atoms with Crippen molar-refractivity contribution in [3.8, 4) is 6.07 Å². The summed E-state index contributed by atoms with van der Waals surface area (Å²) >= 11 is 0. The molecule has 0 bridgehead atoms. The molecule has 0 spiro atoms. The van der Waals surface area contributed by atoms with Gasteiger partial charge in [0.25, 0.3) is 5.91 Å². The third-order valence-corrected chi connectivity index (χ3v) is 11.4. The first-order chi connectivity index (χ1) is 20.8. The molecule has 0 saturated carbocycles. The number of nitrogens with zero attached hydrogens (tertiary/aromatic N) is 5. The van der Waals surface area contributed by atoms with E-state index >= 15 is 0 Å². The van der Waals surface area contributed by atoms with E-state index in [9.17, 15) is 26.9 Å². The van der Waals surface area contributed by atoms with E-state index < -0.39 is 20.0 Å². The van der Waals surface area contributed by atoms with Crippen molar-refractivity contribution in [3.63, 3.8) is 0 Å². The highest BCUT2D eigenvalue weighted by atomic mass is 32.2. The van der Waals surface area contributed by atoms with Crippen LogP contribution in [0.1, 0.15) is 34.0 Å². The van der Waals surface area contributed by atoms with Gasteiger partial charge < -0.3 is 14.7 Å². The maximum atomic E-state index is 13.9. The molecule has 2 heterocycles. The topological polar surface area (TPSA) is 148 Å². The Labute approximate surface area is 259 Å². The summed E-state index contributed by atoms with van der Waals surface area (Å²) in [6.45, 7) is 7.87. The minimum Gasteiger partial charge on any atom is -0.368 e. The number of piperazine rings is 2. The molecule has 1 amide bonds. The maximum absolute atomic E-state index is 13.9. The highest BCUT2D eigenvalue weighted by Gasteiger charge is 2.34. The molecule has 0 unspecified atom stereocenters. The summed E-state index contributed by atoms with van der Waals surface area (Å²) in [4.78, 5) is 19.6. The lowest BCUT2D eigenvalue weighted by Crippen LogP contribution is -2.54. The summed E-state index contributed by atoms with van der Waals surface area (Å²) in [6, 6.07) is 19.0. The zero-order valence-corrected chi connectivity index (χ0v) is 26.6. The number of sulfonamides is 2. The number of anilines is 2. The monoisotopic (exact) mass is 636 g/mol. The minimum absolute atomic E-state index is 0.0336. The number of primary sulfonamides is 1. The standard InChI is InChI=1S/C31H36N6O5S2/c1-22-18-23(2)30(44(41,42)36-15-12-34(13-16-36)27-9-5-4-8-25(27)20-32)19-26(22)31(38)37-17-14-35(21-24(37)3)28-10-6-7-11-29(28)43(33,39)40/h4-11,18-19,24H,12-17,21H2,1-3H3,(H2,33,39,40)/t24-/m0/s1. The molecule has 11 nitrogen and oxygen atoms in total. The lowest BCUT2D eigenvalue weighted by atomic mass is 10.0. The first kappa shape index (κ1) is 31.5. The Morgan fingerprint density at radius 2 is 1.43 bits per heavy atom. The summed E-state index contributed by atoms with van der Waals surface area (Å²) in [6.07, 6.45) is 0. The summed E-state index contributed by atoms with van der Waals surface area (Å²) in [5.74, 6) is -0.274. The third kappa shape index (κ3) is 6.03. The smallest absolute Gasteiger partial charge is 0.254 e. The van der Waals surface area contributed by atoms with E-state index in [1.54, 1.807) is 55.1 Å². The number of nitrogens with two attached hydrogens (primary N) is 1. The zero-order chi connectivity index (χ0) is 31.8. The lowest BCUT2D eigenvalue weighted by Gasteiger charge is -2.41. The molecule has 0 aliphatic carbocycles. The largest absolute Gasteiger partial charge is 0.368 e. The van der Waals surface area contributed by atoms with Crippen molar-refractivity contribution in [2.75, 3.05) is 55.6 Å². The molecule has 2 aliphatic heterocycles. The molecule has 44 heavy (non-hydrogen) atoms. The van der Waals surface area contributed by atoms with Crippen molar-refractivity contribution in [1.29, 1.82) is 5.26 Å². The predicted octanol–water partition coefficient (Wildman–Crippen LogP) is 2.68. The molecule has 2 aliphatic rings. The molecule has 5 rings (SSSR count). The van der Waals surface area contributed by atoms with Gasteiger partial charge in [0.15, 0.2) is 0 Å². The Kier molecular flexibility index (Phi) is 8.73. The first-order valence-electron chi connectivity index (χ1n) is 14.4. The van der Waals surface area contributed by atoms with E-state index in [0.717, 1.165) is 5.69 Å². The molecular weight excluding hydrogens is 601 g/mol. The van der Waals surface area contributed by atoms with Crippen LogP contribution >= 0.6 is 0 Å². The van der Waals surface area contributed by atoms with Crippen LogP contribution < -0.4 is 14.9 Å². The summed E-state index contributed by atoms with van der Waals surface area (Å²) in [7, 11) is -7.83. The quantitative estimate of drug-likeness (QED) is 0.434. The van der Waals surface area contributed by atoms with Gasteiger partial charge in [0, 0.05) is 57.4 Å². The molecule has 2 N–H and O–H groups in total. The Bertz CT molecular complexity index is 1850. The number of para-hydroxylation sites is 2. The summed E-state index contributed by atoms with van der Waals surface area (Å²) in [5, 5.41) is 14.9. The second kappa shape index (κ2) is 12.2. The van der Waals surface area contributed by atoms with Crippen LogP contribution in [0.3, 0.4) is 0 Å². The van der Waals surface area contributed by atoms with Gasteiger partial charge in [-0.2, -0.15) is 9.57 Å². The zero-order valence-electron chi connectivity index (χ0n) is 25.0. The average molecular weight is 637 g/mol. The van der Waals surface area contributed by atoms with E-state index in [1.807, 2.05) is 28.9 Å². The highest BCUT2D eigenvalue weighted by Crippen LogP contribution is 2.30. The van der Waals surface area contributed by atoms with E-state index in [0.29, 0.717) is 60.7 Å². The van der Waals surface area contributed by atoms with Gasteiger partial charge in [0.1, 0.15) is 11.0 Å². The van der Waals surface area contributed by atoms with Gasteiger partial charge in [-0.3, -0.25) is 4.79 Å². The normalized spacial score (nSPS) is 18.2. The van der Waals surface area contributed by atoms with Crippen LogP contribution in [0, 0.1) is 25.2 Å². The van der Waals surface area contributed by atoms with E-state index in [1.165, 1.54) is 16.4 Å². The molecule has 232 valence electrons. The number of carbonyl (C=O) groups excluding carboxylic acids is 1. The maximum Gasteiger partial charge on any atom is 0.254 e. The molecule has 13 heteroatoms. The minimum atomic E-state index is -3.93. The SMILES string of the molecule is Cc1cc(C)c(S(=O)(=O)N2CCN(c3ccccc3C#N)CC2)cc1C(=O)N1CCN(c2ccccc2S(N)(=O)=O)C[C@@H]1C. The third-order valence-electron chi connectivity index (χ3n) is 8.37. The van der Waals surface area contributed by atoms with Crippen LogP contribution in [0.4, 0.5) is 11.4 Å².